The van der Waals surface area contributed by atoms with Crippen molar-refractivity contribution < 1.29 is 5.11 Å². The summed E-state index contributed by atoms with van der Waals surface area (Å²) >= 11 is 1.80. The second-order valence-corrected chi connectivity index (χ2v) is 4.44. The minimum atomic E-state index is -0.212. The van der Waals surface area contributed by atoms with Gasteiger partial charge in [0.1, 0.15) is 0 Å². The van der Waals surface area contributed by atoms with E-state index in [0.717, 1.165) is 5.75 Å². The minimum Gasteiger partial charge on any atom is -0.393 e. The SMILES string of the molecule is C[C@H](O)[C@@H](C)CSc1ccccc1. The number of thioether (sulfide) groups is 1. The molecule has 0 radical (unpaired) electrons. The van der Waals surface area contributed by atoms with Crippen molar-refractivity contribution in [2.75, 3.05) is 5.75 Å². The van der Waals surface area contributed by atoms with Crippen LogP contribution in [0.3, 0.4) is 0 Å². The van der Waals surface area contributed by atoms with Crippen LogP contribution in [0.1, 0.15) is 13.8 Å². The number of hydrogen-bond acceptors (Lipinski definition) is 2. The summed E-state index contributed by atoms with van der Waals surface area (Å²) in [6.07, 6.45) is -0.212. The fourth-order valence-electron chi connectivity index (χ4n) is 0.884. The van der Waals surface area contributed by atoms with Gasteiger partial charge in [-0.2, -0.15) is 0 Å². The largest absolute Gasteiger partial charge is 0.393 e. The second kappa shape index (κ2) is 5.30. The molecule has 1 nitrogen and oxygen atoms in total. The summed E-state index contributed by atoms with van der Waals surface area (Å²) in [6, 6.07) is 10.3. The van der Waals surface area contributed by atoms with Gasteiger partial charge in [-0.05, 0) is 25.0 Å². The van der Waals surface area contributed by atoms with Gasteiger partial charge < -0.3 is 5.11 Å². The lowest BCUT2D eigenvalue weighted by Crippen LogP contribution is -2.14. The molecule has 72 valence electrons. The summed E-state index contributed by atoms with van der Waals surface area (Å²) in [7, 11) is 0. The summed E-state index contributed by atoms with van der Waals surface area (Å²) in [6.45, 7) is 3.91. The van der Waals surface area contributed by atoms with E-state index in [1.165, 1.54) is 4.90 Å². The Balaban J connectivity index is 2.35. The van der Waals surface area contributed by atoms with Crippen molar-refractivity contribution >= 4 is 11.8 Å². The van der Waals surface area contributed by atoms with E-state index in [0.29, 0.717) is 5.92 Å². The molecule has 1 rings (SSSR count). The Morgan fingerprint density at radius 3 is 2.38 bits per heavy atom. The van der Waals surface area contributed by atoms with E-state index in [2.05, 4.69) is 19.1 Å². The standard InChI is InChI=1S/C11H16OS/c1-9(10(2)12)8-13-11-6-4-3-5-7-11/h3-7,9-10,12H,8H2,1-2H3/t9-,10-/m0/s1. The van der Waals surface area contributed by atoms with Gasteiger partial charge in [-0.15, -0.1) is 11.8 Å². The summed E-state index contributed by atoms with van der Waals surface area (Å²) < 4.78 is 0. The molecule has 0 bridgehead atoms. The number of benzene rings is 1. The van der Waals surface area contributed by atoms with Crippen LogP contribution in [0.5, 0.6) is 0 Å². The predicted octanol–water partition coefficient (Wildman–Crippen LogP) is 2.80. The highest BCUT2D eigenvalue weighted by molar-refractivity contribution is 7.99. The number of aliphatic hydroxyl groups is 1. The minimum absolute atomic E-state index is 0.212. The van der Waals surface area contributed by atoms with Crippen LogP contribution in [0.4, 0.5) is 0 Å². The molecule has 2 atom stereocenters. The Labute approximate surface area is 84.2 Å². The molecule has 0 saturated carbocycles. The van der Waals surface area contributed by atoms with Crippen LogP contribution in [0.2, 0.25) is 0 Å². The molecule has 0 fully saturated rings. The van der Waals surface area contributed by atoms with E-state index in [9.17, 15) is 5.11 Å². The first-order chi connectivity index (χ1) is 6.20. The second-order valence-electron chi connectivity index (χ2n) is 3.34. The molecule has 1 N–H and O–H groups in total. The molecule has 0 spiro atoms. The fraction of sp³-hybridized carbons (Fsp3) is 0.455. The van der Waals surface area contributed by atoms with Crippen molar-refractivity contribution in [2.45, 2.75) is 24.8 Å². The lowest BCUT2D eigenvalue weighted by atomic mass is 10.1. The Morgan fingerprint density at radius 2 is 1.85 bits per heavy atom. The number of hydrogen-bond donors (Lipinski definition) is 1. The molecule has 0 unspecified atom stereocenters. The van der Waals surface area contributed by atoms with Crippen molar-refractivity contribution in [1.82, 2.24) is 0 Å². The topological polar surface area (TPSA) is 20.2 Å². The van der Waals surface area contributed by atoms with Crippen molar-refractivity contribution in [3.63, 3.8) is 0 Å². The van der Waals surface area contributed by atoms with E-state index < -0.39 is 0 Å². The molecular weight excluding hydrogens is 180 g/mol. The van der Waals surface area contributed by atoms with Gasteiger partial charge in [0.15, 0.2) is 0 Å². The smallest absolute Gasteiger partial charge is 0.0545 e. The summed E-state index contributed by atoms with van der Waals surface area (Å²) in [5.41, 5.74) is 0. The number of rotatable bonds is 4. The number of aliphatic hydroxyl groups excluding tert-OH is 1. The molecule has 0 aromatic heterocycles. The Morgan fingerprint density at radius 1 is 1.23 bits per heavy atom. The van der Waals surface area contributed by atoms with Gasteiger partial charge in [-0.3, -0.25) is 0 Å². The lowest BCUT2D eigenvalue weighted by molar-refractivity contribution is 0.147. The molecule has 0 aliphatic carbocycles. The molecule has 0 amide bonds. The highest BCUT2D eigenvalue weighted by atomic mass is 32.2. The van der Waals surface area contributed by atoms with Crippen molar-refractivity contribution in [3.05, 3.63) is 30.3 Å². The fourth-order valence-corrected chi connectivity index (χ4v) is 1.97. The van der Waals surface area contributed by atoms with E-state index in [1.54, 1.807) is 11.8 Å². The molecular formula is C11H16OS. The zero-order valence-electron chi connectivity index (χ0n) is 8.10. The van der Waals surface area contributed by atoms with Crippen LogP contribution < -0.4 is 0 Å². The molecule has 0 saturated heterocycles. The normalized spacial score (nSPS) is 15.3. The van der Waals surface area contributed by atoms with Crippen LogP contribution in [0.15, 0.2) is 35.2 Å². The zero-order valence-corrected chi connectivity index (χ0v) is 8.92. The maximum absolute atomic E-state index is 9.29. The first-order valence-corrected chi connectivity index (χ1v) is 5.54. The van der Waals surface area contributed by atoms with Gasteiger partial charge in [0.05, 0.1) is 6.10 Å². The van der Waals surface area contributed by atoms with Crippen LogP contribution >= 0.6 is 11.8 Å². The van der Waals surface area contributed by atoms with Gasteiger partial charge >= 0.3 is 0 Å². The molecule has 13 heavy (non-hydrogen) atoms. The third-order valence-electron chi connectivity index (χ3n) is 2.08. The van der Waals surface area contributed by atoms with Gasteiger partial charge in [0.25, 0.3) is 0 Å². The third-order valence-corrected chi connectivity index (χ3v) is 3.38. The maximum atomic E-state index is 9.29. The monoisotopic (exact) mass is 196 g/mol. The summed E-state index contributed by atoms with van der Waals surface area (Å²) in [5, 5.41) is 9.29. The Hall–Kier alpha value is -0.470. The molecule has 1 aromatic carbocycles. The van der Waals surface area contributed by atoms with E-state index in [4.69, 9.17) is 0 Å². The Kier molecular flexibility index (Phi) is 4.33. The highest BCUT2D eigenvalue weighted by Crippen LogP contribution is 2.21. The first kappa shape index (κ1) is 10.6. The van der Waals surface area contributed by atoms with E-state index >= 15 is 0 Å². The molecule has 2 heteroatoms. The third kappa shape index (κ3) is 3.83. The molecule has 0 aliphatic heterocycles. The quantitative estimate of drug-likeness (QED) is 0.747. The van der Waals surface area contributed by atoms with E-state index in [1.807, 2.05) is 25.1 Å². The van der Waals surface area contributed by atoms with Gasteiger partial charge in [-0.1, -0.05) is 25.1 Å². The van der Waals surface area contributed by atoms with Crippen LogP contribution in [-0.4, -0.2) is 17.0 Å². The van der Waals surface area contributed by atoms with Gasteiger partial charge in [-0.25, -0.2) is 0 Å². The summed E-state index contributed by atoms with van der Waals surface area (Å²) in [4.78, 5) is 1.27. The summed E-state index contributed by atoms with van der Waals surface area (Å²) in [5.74, 6) is 1.33. The molecule has 1 aromatic rings. The first-order valence-electron chi connectivity index (χ1n) is 4.56. The van der Waals surface area contributed by atoms with Crippen molar-refractivity contribution in [3.8, 4) is 0 Å². The van der Waals surface area contributed by atoms with Gasteiger partial charge in [0.2, 0.25) is 0 Å². The predicted molar refractivity (Wildman–Crippen MR) is 58.0 cm³/mol. The van der Waals surface area contributed by atoms with Crippen molar-refractivity contribution in [1.29, 1.82) is 0 Å². The van der Waals surface area contributed by atoms with Crippen LogP contribution in [0, 0.1) is 5.92 Å². The van der Waals surface area contributed by atoms with Gasteiger partial charge in [0, 0.05) is 10.6 Å². The lowest BCUT2D eigenvalue weighted by Gasteiger charge is -2.13. The maximum Gasteiger partial charge on any atom is 0.0545 e. The van der Waals surface area contributed by atoms with Crippen molar-refractivity contribution in [2.24, 2.45) is 5.92 Å². The van der Waals surface area contributed by atoms with Crippen LogP contribution in [-0.2, 0) is 0 Å². The van der Waals surface area contributed by atoms with E-state index in [-0.39, 0.29) is 6.10 Å². The highest BCUT2D eigenvalue weighted by Gasteiger charge is 2.08. The molecule has 0 heterocycles. The van der Waals surface area contributed by atoms with Crippen LogP contribution in [0.25, 0.3) is 0 Å². The molecule has 0 aliphatic rings. The average Bonchev–Trinajstić information content (AvgIpc) is 2.15. The zero-order chi connectivity index (χ0) is 9.68. The average molecular weight is 196 g/mol. The Bertz CT molecular complexity index is 233.